The van der Waals surface area contributed by atoms with Gasteiger partial charge in [-0.2, -0.15) is 0 Å². The van der Waals surface area contributed by atoms with E-state index in [2.05, 4.69) is 252 Å². The Kier molecular flexibility index (Phi) is 9.17. The van der Waals surface area contributed by atoms with E-state index in [1.54, 1.807) is 0 Å². The van der Waals surface area contributed by atoms with Gasteiger partial charge in [0.1, 0.15) is 11.2 Å². The summed E-state index contributed by atoms with van der Waals surface area (Å²) >= 11 is 0. The van der Waals surface area contributed by atoms with Crippen LogP contribution >= 0.6 is 0 Å². The van der Waals surface area contributed by atoms with Gasteiger partial charge >= 0.3 is 0 Å². The monoisotopic (exact) mass is 854 g/mol. The number of para-hydroxylation sites is 3. The molecule has 11 aromatic carbocycles. The summed E-state index contributed by atoms with van der Waals surface area (Å²) in [5, 5.41) is 7.29. The third-order valence-corrected chi connectivity index (χ3v) is 13.4. The third kappa shape index (κ3) is 6.76. The first-order valence-corrected chi connectivity index (χ1v) is 22.9. The third-order valence-electron chi connectivity index (χ3n) is 13.4. The molecule has 2 heterocycles. The Morgan fingerprint density at radius 3 is 1.48 bits per heavy atom. The number of furan rings is 1. The Balaban J connectivity index is 0.848. The molecule has 0 aliphatic heterocycles. The van der Waals surface area contributed by atoms with Crippen molar-refractivity contribution in [3.05, 3.63) is 255 Å². The van der Waals surface area contributed by atoms with Crippen molar-refractivity contribution >= 4 is 71.6 Å². The predicted octanol–water partition coefficient (Wildman–Crippen LogP) is 18.0. The van der Waals surface area contributed by atoms with Gasteiger partial charge in [-0.25, -0.2) is 0 Å². The Hall–Kier alpha value is -8.92. The highest BCUT2D eigenvalue weighted by Crippen LogP contribution is 2.41. The molecule has 13 aromatic rings. The number of rotatable bonds is 8. The van der Waals surface area contributed by atoms with E-state index < -0.39 is 0 Å². The molecule has 0 aliphatic rings. The van der Waals surface area contributed by atoms with Gasteiger partial charge in [0, 0.05) is 44.3 Å². The average molecular weight is 855 g/mol. The van der Waals surface area contributed by atoms with Crippen LogP contribution in [0.5, 0.6) is 0 Å². The van der Waals surface area contributed by atoms with Crippen molar-refractivity contribution in [1.29, 1.82) is 0 Å². The van der Waals surface area contributed by atoms with E-state index >= 15 is 0 Å². The van der Waals surface area contributed by atoms with Crippen molar-refractivity contribution in [1.82, 2.24) is 4.57 Å². The predicted molar refractivity (Wildman–Crippen MR) is 282 cm³/mol. The number of benzene rings is 11. The summed E-state index contributed by atoms with van der Waals surface area (Å²) in [4.78, 5) is 2.36. The highest BCUT2D eigenvalue weighted by atomic mass is 16.3. The maximum absolute atomic E-state index is 6.32. The number of nitrogens with zero attached hydrogens (tertiary/aromatic N) is 2. The second-order valence-corrected chi connectivity index (χ2v) is 17.3. The van der Waals surface area contributed by atoms with Crippen LogP contribution in [-0.4, -0.2) is 4.57 Å². The normalized spacial score (nSPS) is 11.6. The van der Waals surface area contributed by atoms with E-state index in [-0.39, 0.29) is 0 Å². The van der Waals surface area contributed by atoms with Crippen molar-refractivity contribution < 1.29 is 4.42 Å². The van der Waals surface area contributed by atoms with Crippen molar-refractivity contribution in [2.45, 2.75) is 0 Å². The van der Waals surface area contributed by atoms with Gasteiger partial charge in [0.15, 0.2) is 0 Å². The second kappa shape index (κ2) is 16.0. The molecule has 0 saturated heterocycles. The minimum atomic E-state index is 0.890. The summed E-state index contributed by atoms with van der Waals surface area (Å²) in [6, 6.07) is 91.9. The molecule has 3 heteroatoms. The van der Waals surface area contributed by atoms with Crippen LogP contribution in [-0.2, 0) is 0 Å². The molecule has 0 unspecified atom stereocenters. The van der Waals surface area contributed by atoms with Gasteiger partial charge in [0.2, 0.25) is 0 Å². The number of aromatic nitrogens is 1. The quantitative estimate of drug-likeness (QED) is 0.152. The first-order valence-electron chi connectivity index (χ1n) is 22.9. The summed E-state index contributed by atoms with van der Waals surface area (Å²) in [5.74, 6) is 0. The molecule has 0 aliphatic carbocycles. The lowest BCUT2D eigenvalue weighted by molar-refractivity contribution is 0.669. The summed E-state index contributed by atoms with van der Waals surface area (Å²) in [7, 11) is 0. The van der Waals surface area contributed by atoms with Crippen LogP contribution in [0.2, 0.25) is 0 Å². The molecule has 0 spiro atoms. The summed E-state index contributed by atoms with van der Waals surface area (Å²) in [6.07, 6.45) is 0. The van der Waals surface area contributed by atoms with Crippen LogP contribution in [0.25, 0.3) is 105 Å². The van der Waals surface area contributed by atoms with Gasteiger partial charge in [-0.05, 0) is 140 Å². The van der Waals surface area contributed by atoms with Crippen molar-refractivity contribution in [2.75, 3.05) is 4.90 Å². The van der Waals surface area contributed by atoms with Crippen LogP contribution in [0.1, 0.15) is 0 Å². The number of anilines is 3. The second-order valence-electron chi connectivity index (χ2n) is 17.3. The van der Waals surface area contributed by atoms with E-state index in [4.69, 9.17) is 4.42 Å². The van der Waals surface area contributed by atoms with Gasteiger partial charge in [-0.15, -0.1) is 0 Å². The molecule has 2 aromatic heterocycles. The van der Waals surface area contributed by atoms with Crippen LogP contribution in [0.4, 0.5) is 17.1 Å². The van der Waals surface area contributed by atoms with Gasteiger partial charge in [-0.3, -0.25) is 0 Å². The molecule has 0 amide bonds. The lowest BCUT2D eigenvalue weighted by Gasteiger charge is -2.26. The summed E-state index contributed by atoms with van der Waals surface area (Å²) in [6.45, 7) is 0. The summed E-state index contributed by atoms with van der Waals surface area (Å²) < 4.78 is 8.69. The molecule has 0 N–H and O–H groups in total. The smallest absolute Gasteiger partial charge is 0.136 e. The Morgan fingerprint density at radius 1 is 0.284 bits per heavy atom. The highest BCUT2D eigenvalue weighted by Gasteiger charge is 2.17. The summed E-state index contributed by atoms with van der Waals surface area (Å²) in [5.41, 5.74) is 17.9. The van der Waals surface area contributed by atoms with Crippen molar-refractivity contribution in [3.63, 3.8) is 0 Å². The molecular formula is C64H42N2O. The van der Waals surface area contributed by atoms with Crippen molar-refractivity contribution in [3.8, 4) is 50.2 Å². The van der Waals surface area contributed by atoms with Crippen LogP contribution < -0.4 is 4.90 Å². The maximum atomic E-state index is 6.32. The topological polar surface area (TPSA) is 21.3 Å². The molecule has 0 bridgehead atoms. The van der Waals surface area contributed by atoms with Gasteiger partial charge in [0.05, 0.1) is 11.0 Å². The van der Waals surface area contributed by atoms with E-state index in [9.17, 15) is 0 Å². The Morgan fingerprint density at radius 2 is 0.776 bits per heavy atom. The van der Waals surface area contributed by atoms with Gasteiger partial charge < -0.3 is 13.9 Å². The first kappa shape index (κ1) is 38.5. The van der Waals surface area contributed by atoms with E-state index in [0.29, 0.717) is 0 Å². The molecule has 0 saturated carbocycles. The molecule has 13 rings (SSSR count). The van der Waals surface area contributed by atoms with Gasteiger partial charge in [0.25, 0.3) is 0 Å². The molecule has 3 nitrogen and oxygen atoms in total. The van der Waals surface area contributed by atoms with Gasteiger partial charge in [-0.1, -0.05) is 170 Å². The van der Waals surface area contributed by atoms with E-state index in [1.165, 1.54) is 60.4 Å². The molecular weight excluding hydrogens is 813 g/mol. The molecule has 0 fully saturated rings. The lowest BCUT2D eigenvalue weighted by atomic mass is 9.97. The van der Waals surface area contributed by atoms with Crippen LogP contribution in [0.3, 0.4) is 0 Å². The lowest BCUT2D eigenvalue weighted by Crippen LogP contribution is -2.10. The fourth-order valence-corrected chi connectivity index (χ4v) is 10.1. The minimum absolute atomic E-state index is 0.890. The zero-order valence-electron chi connectivity index (χ0n) is 36.6. The molecule has 67 heavy (non-hydrogen) atoms. The SMILES string of the molecule is c1cc(-c2ccc(N(c3ccc(-c4cccc5ccccc45)cc3)c3cccc(-c4ccc5c(c4)oc4ccccc45)c3)cc2)cc(-c2ccc(-n3c4ccccc4c4ccccc43)cc2)c1. The molecule has 0 atom stereocenters. The first-order chi connectivity index (χ1) is 33.2. The standard InChI is InChI=1S/C64H42N2O/c1-2-18-55-45(12-1)13-11-22-56(55)46-30-37-52(38-31-46)65(54-17-10-16-49(41-54)50-32-39-60-59-21-5-8-25-63(59)67-64(60)42-50)51-33-26-43(27-34-51)47-14-9-15-48(40-47)44-28-35-53(36-29-44)66-61-23-6-3-19-57(61)58-20-4-7-24-62(58)66/h1-42H. The molecule has 314 valence electrons. The fraction of sp³-hybridized carbons (Fsp3) is 0. The van der Waals surface area contributed by atoms with Crippen LogP contribution in [0, 0.1) is 0 Å². The zero-order chi connectivity index (χ0) is 44.3. The Bertz CT molecular complexity index is 3910. The van der Waals surface area contributed by atoms with Crippen LogP contribution in [0.15, 0.2) is 259 Å². The average Bonchev–Trinajstić information content (AvgIpc) is 3.95. The number of fused-ring (bicyclic) bond motifs is 7. The van der Waals surface area contributed by atoms with E-state index in [0.717, 1.165) is 61.4 Å². The minimum Gasteiger partial charge on any atom is -0.456 e. The largest absolute Gasteiger partial charge is 0.456 e. The zero-order valence-corrected chi connectivity index (χ0v) is 36.6. The van der Waals surface area contributed by atoms with Crippen molar-refractivity contribution in [2.24, 2.45) is 0 Å². The highest BCUT2D eigenvalue weighted by molar-refractivity contribution is 6.09. The number of hydrogen-bond donors (Lipinski definition) is 0. The molecule has 0 radical (unpaired) electrons. The Labute approximate surface area is 388 Å². The fourth-order valence-electron chi connectivity index (χ4n) is 10.1. The number of hydrogen-bond acceptors (Lipinski definition) is 2. The van der Waals surface area contributed by atoms with E-state index in [1.807, 2.05) is 12.1 Å². The maximum Gasteiger partial charge on any atom is 0.136 e.